The van der Waals surface area contributed by atoms with E-state index in [1.807, 2.05) is 0 Å². The number of carboxylic acids is 1. The van der Waals surface area contributed by atoms with Gasteiger partial charge in [0.05, 0.1) is 6.26 Å². The highest BCUT2D eigenvalue weighted by Gasteiger charge is 1.93. The molecule has 0 aromatic heterocycles. The summed E-state index contributed by atoms with van der Waals surface area (Å²) in [5.41, 5.74) is 0. The van der Waals surface area contributed by atoms with Gasteiger partial charge in [-0.15, -0.1) is 0 Å². The van der Waals surface area contributed by atoms with Crippen LogP contribution in [-0.2, 0) is 28.7 Å². The molecule has 0 heterocycles. The molecule has 0 radical (unpaired) electrons. The quantitative estimate of drug-likeness (QED) is 0.417. The number of aliphatic carboxylic acids is 1. The van der Waals surface area contributed by atoms with Gasteiger partial charge in [-0.1, -0.05) is 6.58 Å². The van der Waals surface area contributed by atoms with Crippen LogP contribution >= 0.6 is 0 Å². The Morgan fingerprint density at radius 3 is 1.24 bits per heavy atom. The first-order chi connectivity index (χ1) is 7.63. The smallest absolute Gasteiger partial charge is 0.310 e. The van der Waals surface area contributed by atoms with Gasteiger partial charge in [0.25, 0.3) is 5.97 Å². The summed E-state index contributed by atoms with van der Waals surface area (Å²) in [4.78, 5) is 38.4. The van der Waals surface area contributed by atoms with Crippen LogP contribution in [0.3, 0.4) is 0 Å². The molecule has 0 aromatic rings. The molecule has 0 spiro atoms. The highest BCUT2D eigenvalue weighted by atomic mass is 16.6. The second kappa shape index (κ2) is 13.8. The summed E-state index contributed by atoms with van der Waals surface area (Å²) in [6, 6.07) is 0. The van der Waals surface area contributed by atoms with Gasteiger partial charge in [-0.2, -0.15) is 0 Å². The minimum Gasteiger partial charge on any atom is -0.481 e. The lowest BCUT2D eigenvalue weighted by atomic mass is 10.7. The lowest BCUT2D eigenvalue weighted by molar-refractivity contribution is -0.156. The van der Waals surface area contributed by atoms with Crippen molar-refractivity contribution < 1.29 is 33.8 Å². The number of hydrogen-bond acceptors (Lipinski definition) is 6. The maximum Gasteiger partial charge on any atom is 0.310 e. The van der Waals surface area contributed by atoms with Crippen LogP contribution in [0.5, 0.6) is 0 Å². The van der Waals surface area contributed by atoms with E-state index in [0.29, 0.717) is 0 Å². The Morgan fingerprint density at radius 2 is 1.24 bits per heavy atom. The van der Waals surface area contributed by atoms with Crippen LogP contribution in [0.1, 0.15) is 27.7 Å². The third kappa shape index (κ3) is 83.1. The first-order valence-electron chi connectivity index (χ1n) is 4.30. The molecule has 0 saturated carbocycles. The van der Waals surface area contributed by atoms with E-state index in [9.17, 15) is 14.4 Å². The number of ether oxygens (including phenoxy) is 2. The fourth-order valence-corrected chi connectivity index (χ4v) is 0.320. The standard InChI is InChI=1S/C4H6O3.C4H6O2.C2H4O2/c1-3(5)7-4(2)6;1-3-6-4(2)5;1-2(3)4/h1-2H3;3H,1H2,2H3;1H3,(H,3,4). The molecule has 0 amide bonds. The van der Waals surface area contributed by atoms with E-state index in [1.54, 1.807) is 0 Å². The molecule has 0 atom stereocenters. The molecule has 0 saturated heterocycles. The van der Waals surface area contributed by atoms with Crippen LogP contribution < -0.4 is 0 Å². The van der Waals surface area contributed by atoms with E-state index in [4.69, 9.17) is 9.90 Å². The predicted octanol–water partition coefficient (Wildman–Crippen LogP) is 0.880. The topological polar surface area (TPSA) is 107 Å². The number of carbonyl (C=O) groups excluding carboxylic acids is 3. The minimum atomic E-state index is -0.833. The molecule has 98 valence electrons. The summed E-state index contributed by atoms with van der Waals surface area (Å²) >= 11 is 0. The fourth-order valence-electron chi connectivity index (χ4n) is 0.320. The molecule has 7 heteroatoms. The van der Waals surface area contributed by atoms with Crippen LogP contribution in [0, 0.1) is 0 Å². The van der Waals surface area contributed by atoms with Gasteiger partial charge in [0.15, 0.2) is 0 Å². The Bertz CT molecular complexity index is 264. The van der Waals surface area contributed by atoms with E-state index >= 15 is 0 Å². The predicted molar refractivity (Wildman–Crippen MR) is 57.7 cm³/mol. The summed E-state index contributed by atoms with van der Waals surface area (Å²) < 4.78 is 8.14. The molecule has 0 aliphatic heterocycles. The maximum atomic E-state index is 9.81. The SMILES string of the molecule is C=COC(C)=O.CC(=O)O.CC(=O)OC(C)=O. The van der Waals surface area contributed by atoms with Crippen molar-refractivity contribution in [3.8, 4) is 0 Å². The molecule has 0 aliphatic carbocycles. The Labute approximate surface area is 99.0 Å². The molecular formula is C10H16O7. The zero-order chi connectivity index (χ0) is 14.4. The maximum absolute atomic E-state index is 9.81. The Kier molecular flexibility index (Phi) is 16.5. The number of hydrogen-bond donors (Lipinski definition) is 1. The van der Waals surface area contributed by atoms with E-state index < -0.39 is 17.9 Å². The Balaban J connectivity index is -0.000000180. The van der Waals surface area contributed by atoms with Gasteiger partial charge in [0.1, 0.15) is 0 Å². The van der Waals surface area contributed by atoms with Gasteiger partial charge in [-0.3, -0.25) is 19.2 Å². The number of rotatable bonds is 1. The molecular weight excluding hydrogens is 232 g/mol. The van der Waals surface area contributed by atoms with Crippen LogP contribution in [-0.4, -0.2) is 29.0 Å². The molecule has 17 heavy (non-hydrogen) atoms. The number of carboxylic acid groups (broad SMARTS) is 1. The van der Waals surface area contributed by atoms with E-state index in [0.717, 1.165) is 13.2 Å². The van der Waals surface area contributed by atoms with Gasteiger partial charge >= 0.3 is 17.9 Å². The van der Waals surface area contributed by atoms with Gasteiger partial charge in [0.2, 0.25) is 0 Å². The van der Waals surface area contributed by atoms with Crippen LogP contribution in [0.15, 0.2) is 12.8 Å². The van der Waals surface area contributed by atoms with Crippen LogP contribution in [0.2, 0.25) is 0 Å². The lowest BCUT2D eigenvalue weighted by Crippen LogP contribution is -2.03. The molecule has 7 nitrogen and oxygen atoms in total. The van der Waals surface area contributed by atoms with Crippen molar-refractivity contribution in [2.24, 2.45) is 0 Å². The summed E-state index contributed by atoms with van der Waals surface area (Å²) in [5, 5.41) is 7.42. The zero-order valence-electron chi connectivity index (χ0n) is 10.2. The van der Waals surface area contributed by atoms with E-state index in [1.165, 1.54) is 20.8 Å². The number of esters is 3. The number of carbonyl (C=O) groups is 4. The van der Waals surface area contributed by atoms with Crippen molar-refractivity contribution in [3.05, 3.63) is 12.8 Å². The molecule has 0 aromatic carbocycles. The summed E-state index contributed by atoms with van der Waals surface area (Å²) in [5.74, 6) is -2.29. The molecule has 0 rings (SSSR count). The lowest BCUT2D eigenvalue weighted by Gasteiger charge is -1.87. The van der Waals surface area contributed by atoms with Crippen LogP contribution in [0.4, 0.5) is 0 Å². The second-order valence-electron chi connectivity index (χ2n) is 2.38. The van der Waals surface area contributed by atoms with Crippen molar-refractivity contribution in [2.45, 2.75) is 27.7 Å². The third-order valence-corrected chi connectivity index (χ3v) is 0.537. The first-order valence-corrected chi connectivity index (χ1v) is 4.30. The summed E-state index contributed by atoms with van der Waals surface area (Å²) in [6.07, 6.45) is 1.10. The highest BCUT2D eigenvalue weighted by Crippen LogP contribution is 1.73. The fraction of sp³-hybridized carbons (Fsp3) is 0.400. The first kappa shape index (κ1) is 20.3. The average molecular weight is 248 g/mol. The van der Waals surface area contributed by atoms with E-state index in [-0.39, 0.29) is 5.97 Å². The highest BCUT2D eigenvalue weighted by molar-refractivity contribution is 5.82. The summed E-state index contributed by atoms with van der Waals surface area (Å²) in [6.45, 7) is 7.93. The third-order valence-electron chi connectivity index (χ3n) is 0.537. The van der Waals surface area contributed by atoms with Gasteiger partial charge in [-0.05, 0) is 0 Å². The molecule has 0 aliphatic rings. The average Bonchev–Trinajstić information content (AvgIpc) is 1.99. The monoisotopic (exact) mass is 248 g/mol. The molecule has 0 bridgehead atoms. The Hall–Kier alpha value is -2.18. The van der Waals surface area contributed by atoms with Crippen molar-refractivity contribution >= 4 is 23.9 Å². The van der Waals surface area contributed by atoms with Crippen LogP contribution in [0.25, 0.3) is 0 Å². The molecule has 0 unspecified atom stereocenters. The van der Waals surface area contributed by atoms with Gasteiger partial charge < -0.3 is 14.6 Å². The van der Waals surface area contributed by atoms with Gasteiger partial charge in [0, 0.05) is 27.7 Å². The second-order valence-corrected chi connectivity index (χ2v) is 2.38. The largest absolute Gasteiger partial charge is 0.481 e. The van der Waals surface area contributed by atoms with Crippen molar-refractivity contribution in [1.82, 2.24) is 0 Å². The van der Waals surface area contributed by atoms with Crippen molar-refractivity contribution in [2.75, 3.05) is 0 Å². The molecule has 1 N–H and O–H groups in total. The van der Waals surface area contributed by atoms with Gasteiger partial charge in [-0.25, -0.2) is 0 Å². The van der Waals surface area contributed by atoms with E-state index in [2.05, 4.69) is 16.1 Å². The normalized spacial score (nSPS) is 7.06. The van der Waals surface area contributed by atoms with Crippen molar-refractivity contribution in [1.29, 1.82) is 0 Å². The zero-order valence-corrected chi connectivity index (χ0v) is 10.2. The van der Waals surface area contributed by atoms with Crippen molar-refractivity contribution in [3.63, 3.8) is 0 Å². The minimum absolute atomic E-state index is 0.329. The molecule has 0 fully saturated rings. The summed E-state index contributed by atoms with van der Waals surface area (Å²) in [7, 11) is 0. The Morgan fingerprint density at radius 1 is 0.941 bits per heavy atom.